The molecule has 0 aromatic heterocycles. The molecular formula is C23H38O3. The summed E-state index contributed by atoms with van der Waals surface area (Å²) in [5, 5.41) is 0. The van der Waals surface area contributed by atoms with Gasteiger partial charge in [-0.05, 0) is 31.4 Å². The monoisotopic (exact) mass is 362 g/mol. The molecule has 0 fully saturated rings. The summed E-state index contributed by atoms with van der Waals surface area (Å²) >= 11 is 0. The second kappa shape index (κ2) is 14.6. The molecular weight excluding hydrogens is 324 g/mol. The summed E-state index contributed by atoms with van der Waals surface area (Å²) in [6.45, 7) is 4.34. The van der Waals surface area contributed by atoms with Crippen LogP contribution in [0.4, 0.5) is 0 Å². The van der Waals surface area contributed by atoms with E-state index in [4.69, 9.17) is 9.47 Å². The number of rotatable bonds is 15. The third-order valence-electron chi connectivity index (χ3n) is 4.94. The number of methoxy groups -OCH3 is 1. The van der Waals surface area contributed by atoms with Crippen molar-refractivity contribution in [3.8, 4) is 5.75 Å². The molecule has 0 heterocycles. The Morgan fingerprint density at radius 2 is 1.46 bits per heavy atom. The van der Waals surface area contributed by atoms with Crippen molar-refractivity contribution in [3.05, 3.63) is 29.8 Å². The van der Waals surface area contributed by atoms with E-state index in [0.29, 0.717) is 11.3 Å². The molecule has 148 valence electrons. The van der Waals surface area contributed by atoms with E-state index >= 15 is 0 Å². The van der Waals surface area contributed by atoms with Gasteiger partial charge in [0.2, 0.25) is 0 Å². The Hall–Kier alpha value is -1.51. The van der Waals surface area contributed by atoms with Crippen LogP contribution >= 0.6 is 0 Å². The fourth-order valence-corrected chi connectivity index (χ4v) is 3.23. The summed E-state index contributed by atoms with van der Waals surface area (Å²) in [5.74, 6) is 0.299. The zero-order valence-electron chi connectivity index (χ0n) is 17.1. The predicted molar refractivity (Wildman–Crippen MR) is 109 cm³/mol. The molecule has 1 atom stereocenters. The van der Waals surface area contributed by atoms with Crippen LogP contribution in [0.3, 0.4) is 0 Å². The van der Waals surface area contributed by atoms with Crippen molar-refractivity contribution in [3.63, 3.8) is 0 Å². The highest BCUT2D eigenvalue weighted by Crippen LogP contribution is 2.21. The minimum absolute atomic E-state index is 0.00135. The van der Waals surface area contributed by atoms with Gasteiger partial charge in [-0.3, -0.25) is 0 Å². The molecule has 0 aliphatic carbocycles. The zero-order chi connectivity index (χ0) is 19.0. The first kappa shape index (κ1) is 22.5. The van der Waals surface area contributed by atoms with Crippen LogP contribution in [0.25, 0.3) is 0 Å². The Balaban J connectivity index is 2.18. The van der Waals surface area contributed by atoms with Crippen molar-refractivity contribution >= 4 is 5.97 Å². The van der Waals surface area contributed by atoms with Crippen LogP contribution in [0.2, 0.25) is 0 Å². The smallest absolute Gasteiger partial charge is 0.342 e. The minimum Gasteiger partial charge on any atom is -0.496 e. The van der Waals surface area contributed by atoms with Gasteiger partial charge in [-0.2, -0.15) is 0 Å². The van der Waals surface area contributed by atoms with E-state index in [9.17, 15) is 4.79 Å². The van der Waals surface area contributed by atoms with Crippen LogP contribution in [-0.2, 0) is 4.74 Å². The SMILES string of the molecule is CCCCCCCCCCCCC(CC)OC(=O)c1ccccc1OC. The molecule has 26 heavy (non-hydrogen) atoms. The average Bonchev–Trinajstić information content (AvgIpc) is 2.68. The Labute approximate surface area is 160 Å². The van der Waals surface area contributed by atoms with Gasteiger partial charge in [0, 0.05) is 0 Å². The molecule has 1 aromatic carbocycles. The number of para-hydroxylation sites is 1. The van der Waals surface area contributed by atoms with Gasteiger partial charge in [0.15, 0.2) is 0 Å². The molecule has 3 nitrogen and oxygen atoms in total. The predicted octanol–water partition coefficient (Wildman–Crippen LogP) is 6.94. The van der Waals surface area contributed by atoms with Crippen LogP contribution < -0.4 is 4.74 Å². The molecule has 0 amide bonds. The summed E-state index contributed by atoms with van der Waals surface area (Å²) < 4.78 is 10.9. The van der Waals surface area contributed by atoms with Crippen molar-refractivity contribution in [2.45, 2.75) is 97.0 Å². The van der Waals surface area contributed by atoms with E-state index in [1.54, 1.807) is 19.2 Å². The number of benzene rings is 1. The Kier molecular flexibility index (Phi) is 12.7. The first-order chi connectivity index (χ1) is 12.7. The summed E-state index contributed by atoms with van der Waals surface area (Å²) in [7, 11) is 1.58. The van der Waals surface area contributed by atoms with Crippen LogP contribution in [0.1, 0.15) is 101 Å². The Morgan fingerprint density at radius 3 is 2.04 bits per heavy atom. The topological polar surface area (TPSA) is 35.5 Å². The van der Waals surface area contributed by atoms with Crippen molar-refractivity contribution in [1.29, 1.82) is 0 Å². The number of unbranched alkanes of at least 4 members (excludes halogenated alkanes) is 9. The average molecular weight is 363 g/mol. The maximum atomic E-state index is 12.4. The molecule has 0 saturated carbocycles. The minimum atomic E-state index is -0.277. The lowest BCUT2D eigenvalue weighted by molar-refractivity contribution is 0.0263. The zero-order valence-corrected chi connectivity index (χ0v) is 17.1. The van der Waals surface area contributed by atoms with E-state index < -0.39 is 0 Å². The second-order valence-corrected chi connectivity index (χ2v) is 7.11. The molecule has 0 aliphatic heterocycles. The van der Waals surface area contributed by atoms with Gasteiger partial charge in [0.1, 0.15) is 17.4 Å². The third-order valence-corrected chi connectivity index (χ3v) is 4.94. The van der Waals surface area contributed by atoms with E-state index in [-0.39, 0.29) is 12.1 Å². The highest BCUT2D eigenvalue weighted by atomic mass is 16.5. The molecule has 0 bridgehead atoms. The summed E-state index contributed by atoms with van der Waals surface area (Å²) in [6, 6.07) is 7.24. The lowest BCUT2D eigenvalue weighted by Crippen LogP contribution is -2.18. The van der Waals surface area contributed by atoms with E-state index in [2.05, 4.69) is 13.8 Å². The quantitative estimate of drug-likeness (QED) is 0.250. The summed E-state index contributed by atoms with van der Waals surface area (Å²) in [6.07, 6.45) is 15.0. The van der Waals surface area contributed by atoms with Gasteiger partial charge in [-0.25, -0.2) is 4.79 Å². The van der Waals surface area contributed by atoms with Gasteiger partial charge in [0.05, 0.1) is 7.11 Å². The molecule has 0 spiro atoms. The van der Waals surface area contributed by atoms with Gasteiger partial charge < -0.3 is 9.47 Å². The van der Waals surface area contributed by atoms with Crippen LogP contribution in [-0.4, -0.2) is 19.2 Å². The highest BCUT2D eigenvalue weighted by molar-refractivity contribution is 5.92. The Bertz CT molecular complexity index is 484. The fraction of sp³-hybridized carbons (Fsp3) is 0.696. The molecule has 0 N–H and O–H groups in total. The van der Waals surface area contributed by atoms with Gasteiger partial charge in [-0.1, -0.05) is 83.8 Å². The lowest BCUT2D eigenvalue weighted by atomic mass is 10.0. The first-order valence-corrected chi connectivity index (χ1v) is 10.6. The maximum Gasteiger partial charge on any atom is 0.342 e. The number of ether oxygens (including phenoxy) is 2. The molecule has 1 rings (SSSR count). The largest absolute Gasteiger partial charge is 0.496 e. The van der Waals surface area contributed by atoms with Crippen molar-refractivity contribution in [2.75, 3.05) is 7.11 Å². The molecule has 0 radical (unpaired) electrons. The van der Waals surface area contributed by atoms with Gasteiger partial charge >= 0.3 is 5.97 Å². The third kappa shape index (κ3) is 9.26. The first-order valence-electron chi connectivity index (χ1n) is 10.6. The van der Waals surface area contributed by atoms with Crippen molar-refractivity contribution in [1.82, 2.24) is 0 Å². The number of esters is 1. The maximum absolute atomic E-state index is 12.4. The molecule has 0 saturated heterocycles. The number of carbonyl (C=O) groups excluding carboxylic acids is 1. The molecule has 1 aromatic rings. The van der Waals surface area contributed by atoms with E-state index in [1.165, 1.54) is 57.8 Å². The number of hydrogen-bond acceptors (Lipinski definition) is 3. The van der Waals surface area contributed by atoms with Crippen LogP contribution in [0.5, 0.6) is 5.75 Å². The summed E-state index contributed by atoms with van der Waals surface area (Å²) in [5.41, 5.74) is 0.511. The van der Waals surface area contributed by atoms with E-state index in [1.807, 2.05) is 12.1 Å². The normalized spacial score (nSPS) is 12.0. The van der Waals surface area contributed by atoms with Crippen LogP contribution in [0.15, 0.2) is 24.3 Å². The molecule has 3 heteroatoms. The second-order valence-electron chi connectivity index (χ2n) is 7.11. The molecule has 1 unspecified atom stereocenters. The van der Waals surface area contributed by atoms with Gasteiger partial charge in [0.25, 0.3) is 0 Å². The molecule has 0 aliphatic rings. The van der Waals surface area contributed by atoms with Crippen molar-refractivity contribution in [2.24, 2.45) is 0 Å². The van der Waals surface area contributed by atoms with Gasteiger partial charge in [-0.15, -0.1) is 0 Å². The lowest BCUT2D eigenvalue weighted by Gasteiger charge is -2.17. The van der Waals surface area contributed by atoms with Crippen LogP contribution in [0, 0.1) is 0 Å². The standard InChI is InChI=1S/C23H38O3/c1-4-6-7-8-9-10-11-12-13-14-17-20(5-2)26-23(24)21-18-15-16-19-22(21)25-3/h15-16,18-20H,4-14,17H2,1-3H3. The summed E-state index contributed by atoms with van der Waals surface area (Å²) in [4.78, 5) is 12.4. The fourth-order valence-electron chi connectivity index (χ4n) is 3.23. The highest BCUT2D eigenvalue weighted by Gasteiger charge is 2.17. The number of carbonyl (C=O) groups is 1. The van der Waals surface area contributed by atoms with Crippen molar-refractivity contribution < 1.29 is 14.3 Å². The number of hydrogen-bond donors (Lipinski definition) is 0. The Morgan fingerprint density at radius 1 is 0.885 bits per heavy atom. The van der Waals surface area contributed by atoms with E-state index in [0.717, 1.165) is 19.3 Å².